The van der Waals surface area contributed by atoms with Crippen LogP contribution in [0.1, 0.15) is 25.5 Å². The lowest BCUT2D eigenvalue weighted by molar-refractivity contribution is -0.136. The van der Waals surface area contributed by atoms with E-state index in [1.54, 1.807) is 6.92 Å². The van der Waals surface area contributed by atoms with Crippen LogP contribution in [0, 0.1) is 5.82 Å². The largest absolute Gasteiger partial charge is 0.480 e. The summed E-state index contributed by atoms with van der Waals surface area (Å²) < 4.78 is 38.3. The second-order valence-electron chi connectivity index (χ2n) is 3.92. The fourth-order valence-corrected chi connectivity index (χ4v) is 2.40. The minimum atomic E-state index is -3.96. The number of carboxylic acid groups (broad SMARTS) is 1. The van der Waals surface area contributed by atoms with E-state index in [-0.39, 0.29) is 0 Å². The maximum absolute atomic E-state index is 12.7. The first-order valence-corrected chi connectivity index (χ1v) is 6.78. The molecule has 2 N–H and O–H groups in total. The van der Waals surface area contributed by atoms with Crippen LogP contribution in [-0.2, 0) is 14.8 Å². The second kappa shape index (κ2) is 5.45. The molecule has 0 aromatic heterocycles. The molecule has 1 aromatic carbocycles. The third-order valence-electron chi connectivity index (χ3n) is 2.52. The number of hydrogen-bond donors (Lipinski definition) is 2. The van der Waals surface area contributed by atoms with Gasteiger partial charge in [0.2, 0.25) is 10.0 Å². The van der Waals surface area contributed by atoms with Gasteiger partial charge in [0.1, 0.15) is 5.82 Å². The molecule has 0 radical (unpaired) electrons. The molecule has 0 bridgehead atoms. The molecule has 18 heavy (non-hydrogen) atoms. The Balaban J connectivity index is 2.85. The van der Waals surface area contributed by atoms with E-state index in [0.717, 1.165) is 6.92 Å². The smallest absolute Gasteiger partial charge is 0.323 e. The summed E-state index contributed by atoms with van der Waals surface area (Å²) in [7, 11) is -3.96. The number of hydrogen-bond acceptors (Lipinski definition) is 3. The van der Waals surface area contributed by atoms with E-state index < -0.39 is 33.1 Å². The van der Waals surface area contributed by atoms with Crippen molar-refractivity contribution in [1.29, 1.82) is 0 Å². The van der Waals surface area contributed by atoms with Crippen LogP contribution in [0.15, 0.2) is 24.3 Å². The topological polar surface area (TPSA) is 83.5 Å². The van der Waals surface area contributed by atoms with Crippen molar-refractivity contribution < 1.29 is 22.7 Å². The summed E-state index contributed by atoms with van der Waals surface area (Å²) in [5.41, 5.74) is 0.553. The average Bonchev–Trinajstić information content (AvgIpc) is 2.28. The van der Waals surface area contributed by atoms with Crippen molar-refractivity contribution in [3.63, 3.8) is 0 Å². The fourth-order valence-electron chi connectivity index (χ4n) is 1.30. The van der Waals surface area contributed by atoms with Crippen molar-refractivity contribution in [2.75, 3.05) is 0 Å². The molecule has 0 aliphatic heterocycles. The van der Waals surface area contributed by atoms with Crippen molar-refractivity contribution in [2.45, 2.75) is 25.1 Å². The van der Waals surface area contributed by atoms with Crippen molar-refractivity contribution in [1.82, 2.24) is 4.72 Å². The third kappa shape index (κ3) is 3.51. The average molecular weight is 275 g/mol. The molecule has 2 atom stereocenters. The summed E-state index contributed by atoms with van der Waals surface area (Å²) in [6, 6.07) is 4.67. The van der Waals surface area contributed by atoms with Crippen molar-refractivity contribution in [2.24, 2.45) is 0 Å². The van der Waals surface area contributed by atoms with E-state index in [1.807, 2.05) is 0 Å². The molecule has 0 amide bonds. The standard InChI is InChI=1S/C11H14FNO4S/c1-7(9-3-5-10(12)6-4-9)13-18(16,17)8(2)11(14)15/h3-8,13H,1-2H3,(H,14,15). The number of nitrogens with one attached hydrogen (secondary N) is 1. The van der Waals surface area contributed by atoms with Crippen LogP contribution < -0.4 is 4.72 Å². The van der Waals surface area contributed by atoms with Gasteiger partial charge in [-0.05, 0) is 31.5 Å². The zero-order chi connectivity index (χ0) is 13.9. The summed E-state index contributed by atoms with van der Waals surface area (Å²) >= 11 is 0. The summed E-state index contributed by atoms with van der Waals surface area (Å²) in [6.45, 7) is 2.64. The molecule has 0 saturated carbocycles. The van der Waals surface area contributed by atoms with E-state index in [4.69, 9.17) is 5.11 Å². The molecule has 0 heterocycles. The minimum Gasteiger partial charge on any atom is -0.480 e. The molecular weight excluding hydrogens is 261 g/mol. The van der Waals surface area contributed by atoms with Crippen molar-refractivity contribution in [3.8, 4) is 0 Å². The number of carbonyl (C=O) groups is 1. The lowest BCUT2D eigenvalue weighted by atomic mass is 10.1. The van der Waals surface area contributed by atoms with Crippen LogP contribution in [0.3, 0.4) is 0 Å². The van der Waals surface area contributed by atoms with Gasteiger partial charge in [0.25, 0.3) is 0 Å². The number of aliphatic carboxylic acids is 1. The Morgan fingerprint density at radius 1 is 1.28 bits per heavy atom. The number of carboxylic acids is 1. The summed E-state index contributed by atoms with van der Waals surface area (Å²) in [6.07, 6.45) is 0. The van der Waals surface area contributed by atoms with Gasteiger partial charge in [-0.25, -0.2) is 17.5 Å². The van der Waals surface area contributed by atoms with E-state index >= 15 is 0 Å². The van der Waals surface area contributed by atoms with Gasteiger partial charge in [-0.2, -0.15) is 0 Å². The Labute approximate surface area is 105 Å². The Hall–Kier alpha value is -1.47. The Bertz CT molecular complexity index is 526. The van der Waals surface area contributed by atoms with Gasteiger partial charge < -0.3 is 5.11 Å². The van der Waals surface area contributed by atoms with Gasteiger partial charge in [-0.1, -0.05) is 12.1 Å². The van der Waals surface area contributed by atoms with Crippen LogP contribution in [0.4, 0.5) is 4.39 Å². The molecule has 0 fully saturated rings. The Morgan fingerprint density at radius 2 is 1.78 bits per heavy atom. The van der Waals surface area contributed by atoms with Gasteiger partial charge in [0.05, 0.1) is 0 Å². The molecule has 1 rings (SSSR count). The highest BCUT2D eigenvalue weighted by atomic mass is 32.2. The number of halogens is 1. The monoisotopic (exact) mass is 275 g/mol. The van der Waals surface area contributed by atoms with Crippen LogP contribution in [-0.4, -0.2) is 24.7 Å². The quantitative estimate of drug-likeness (QED) is 0.848. The molecule has 2 unspecified atom stereocenters. The molecule has 0 saturated heterocycles. The molecule has 0 aliphatic rings. The summed E-state index contributed by atoms with van der Waals surface area (Å²) in [4.78, 5) is 10.6. The molecular formula is C11H14FNO4S. The molecule has 0 aliphatic carbocycles. The maximum atomic E-state index is 12.7. The van der Waals surface area contributed by atoms with Crippen LogP contribution in [0.5, 0.6) is 0 Å². The first-order valence-electron chi connectivity index (χ1n) is 5.23. The maximum Gasteiger partial charge on any atom is 0.323 e. The minimum absolute atomic E-state index is 0.423. The summed E-state index contributed by atoms with van der Waals surface area (Å²) in [5.74, 6) is -1.85. The van der Waals surface area contributed by atoms with Gasteiger partial charge in [0, 0.05) is 6.04 Å². The molecule has 100 valence electrons. The Morgan fingerprint density at radius 3 is 2.22 bits per heavy atom. The first-order chi connectivity index (χ1) is 8.24. The lowest BCUT2D eigenvalue weighted by Crippen LogP contribution is -2.38. The van der Waals surface area contributed by atoms with Crippen LogP contribution in [0.2, 0.25) is 0 Å². The van der Waals surface area contributed by atoms with Gasteiger partial charge in [0.15, 0.2) is 5.25 Å². The fraction of sp³-hybridized carbons (Fsp3) is 0.364. The van der Waals surface area contributed by atoms with Crippen LogP contribution >= 0.6 is 0 Å². The van der Waals surface area contributed by atoms with Gasteiger partial charge in [-0.15, -0.1) is 0 Å². The zero-order valence-corrected chi connectivity index (χ0v) is 10.7. The van der Waals surface area contributed by atoms with E-state index in [9.17, 15) is 17.6 Å². The van der Waals surface area contributed by atoms with Crippen LogP contribution in [0.25, 0.3) is 0 Å². The van der Waals surface area contributed by atoms with Gasteiger partial charge in [-0.3, -0.25) is 4.79 Å². The van der Waals surface area contributed by atoms with Crippen molar-refractivity contribution >= 4 is 16.0 Å². The first kappa shape index (κ1) is 14.6. The Kier molecular flexibility index (Phi) is 4.42. The number of sulfonamides is 1. The molecule has 0 spiro atoms. The number of benzene rings is 1. The zero-order valence-electron chi connectivity index (χ0n) is 9.92. The SMILES string of the molecule is CC(NS(=O)(=O)C(C)C(=O)O)c1ccc(F)cc1. The highest BCUT2D eigenvalue weighted by Gasteiger charge is 2.29. The predicted molar refractivity (Wildman–Crippen MR) is 64.0 cm³/mol. The van der Waals surface area contributed by atoms with E-state index in [1.165, 1.54) is 24.3 Å². The highest BCUT2D eigenvalue weighted by Crippen LogP contribution is 2.15. The van der Waals surface area contributed by atoms with Gasteiger partial charge >= 0.3 is 5.97 Å². The summed E-state index contributed by atoms with van der Waals surface area (Å²) in [5, 5.41) is 7.13. The molecule has 1 aromatic rings. The molecule has 5 nitrogen and oxygen atoms in total. The lowest BCUT2D eigenvalue weighted by Gasteiger charge is -2.16. The number of rotatable bonds is 5. The van der Waals surface area contributed by atoms with E-state index in [2.05, 4.69) is 4.72 Å². The van der Waals surface area contributed by atoms with Crippen molar-refractivity contribution in [3.05, 3.63) is 35.6 Å². The van der Waals surface area contributed by atoms with E-state index in [0.29, 0.717) is 5.56 Å². The third-order valence-corrected chi connectivity index (χ3v) is 4.34. The predicted octanol–water partition coefficient (Wildman–Crippen LogP) is 1.28. The second-order valence-corrected chi connectivity index (χ2v) is 5.95. The molecule has 7 heteroatoms. The highest BCUT2D eigenvalue weighted by molar-refractivity contribution is 7.90. The normalized spacial score (nSPS) is 15.1.